The molecule has 0 fully saturated rings. The summed E-state index contributed by atoms with van der Waals surface area (Å²) in [5.74, 6) is 0. The van der Waals surface area contributed by atoms with Crippen LogP contribution in [0.3, 0.4) is 0 Å². The third-order valence-corrected chi connectivity index (χ3v) is 2.48. The van der Waals surface area contributed by atoms with E-state index in [9.17, 15) is 0 Å². The van der Waals surface area contributed by atoms with Gasteiger partial charge in [-0.25, -0.2) is 4.98 Å². The number of rotatable bonds is 2. The third kappa shape index (κ3) is 2.17. The summed E-state index contributed by atoms with van der Waals surface area (Å²) in [6.45, 7) is 0.524. The highest BCUT2D eigenvalue weighted by Gasteiger charge is 2.03. The van der Waals surface area contributed by atoms with E-state index in [1.165, 1.54) is 0 Å². The molecule has 1 aromatic heterocycles. The first-order chi connectivity index (χ1) is 7.31. The minimum absolute atomic E-state index is 0.499. The van der Waals surface area contributed by atoms with E-state index in [4.69, 9.17) is 17.3 Å². The van der Waals surface area contributed by atoms with Gasteiger partial charge in [0.2, 0.25) is 0 Å². The predicted octanol–water partition coefficient (Wildman–Crippen LogP) is 2.86. The van der Waals surface area contributed by atoms with Gasteiger partial charge in [0.25, 0.3) is 0 Å². The van der Waals surface area contributed by atoms with Gasteiger partial charge in [-0.1, -0.05) is 35.9 Å². The van der Waals surface area contributed by atoms with E-state index in [2.05, 4.69) is 4.98 Å². The number of hydrogen-bond acceptors (Lipinski definition) is 2. The molecule has 0 bridgehead atoms. The quantitative estimate of drug-likeness (QED) is 0.788. The zero-order valence-electron chi connectivity index (χ0n) is 8.15. The van der Waals surface area contributed by atoms with Crippen LogP contribution in [0.5, 0.6) is 0 Å². The fraction of sp³-hybridized carbons (Fsp3) is 0.0833. The average molecular weight is 219 g/mol. The highest BCUT2D eigenvalue weighted by molar-refractivity contribution is 6.29. The van der Waals surface area contributed by atoms with Crippen LogP contribution in [0.4, 0.5) is 0 Å². The summed E-state index contributed by atoms with van der Waals surface area (Å²) in [5, 5.41) is 0.499. The minimum atomic E-state index is 0.499. The Morgan fingerprint density at radius 1 is 1.20 bits per heavy atom. The molecule has 0 aliphatic carbocycles. The molecule has 0 aliphatic rings. The number of halogens is 1. The summed E-state index contributed by atoms with van der Waals surface area (Å²) in [4.78, 5) is 3.96. The molecule has 15 heavy (non-hydrogen) atoms. The van der Waals surface area contributed by atoms with E-state index >= 15 is 0 Å². The number of hydrogen-bond donors (Lipinski definition) is 1. The van der Waals surface area contributed by atoms with E-state index in [1.807, 2.05) is 36.4 Å². The van der Waals surface area contributed by atoms with Gasteiger partial charge in [-0.2, -0.15) is 0 Å². The van der Waals surface area contributed by atoms with Crippen molar-refractivity contribution in [2.24, 2.45) is 5.73 Å². The lowest BCUT2D eigenvalue weighted by Gasteiger charge is -2.07. The largest absolute Gasteiger partial charge is 0.326 e. The molecule has 2 rings (SSSR count). The molecule has 0 aliphatic heterocycles. The Bertz CT molecular complexity index is 469. The van der Waals surface area contributed by atoms with Crippen molar-refractivity contribution < 1.29 is 0 Å². The Labute approximate surface area is 93.7 Å². The summed E-state index contributed by atoms with van der Waals surface area (Å²) in [7, 11) is 0. The van der Waals surface area contributed by atoms with Crippen LogP contribution in [-0.2, 0) is 6.54 Å². The average Bonchev–Trinajstić information content (AvgIpc) is 2.29. The van der Waals surface area contributed by atoms with Crippen LogP contribution in [0, 0.1) is 0 Å². The maximum atomic E-state index is 5.85. The fourth-order valence-electron chi connectivity index (χ4n) is 1.55. The topological polar surface area (TPSA) is 38.9 Å². The molecule has 0 atom stereocenters. The van der Waals surface area contributed by atoms with Gasteiger partial charge in [-0.15, -0.1) is 0 Å². The summed E-state index contributed by atoms with van der Waals surface area (Å²) in [6, 6.07) is 11.8. The van der Waals surface area contributed by atoms with Gasteiger partial charge >= 0.3 is 0 Å². The van der Waals surface area contributed by atoms with Crippen molar-refractivity contribution in [1.82, 2.24) is 4.98 Å². The molecule has 0 unspecified atom stereocenters. The second-order valence-corrected chi connectivity index (χ2v) is 3.62. The second kappa shape index (κ2) is 4.43. The van der Waals surface area contributed by atoms with Gasteiger partial charge < -0.3 is 5.73 Å². The third-order valence-electron chi connectivity index (χ3n) is 2.27. The maximum absolute atomic E-state index is 5.85. The van der Waals surface area contributed by atoms with Gasteiger partial charge in [0, 0.05) is 12.7 Å². The van der Waals surface area contributed by atoms with Crippen LogP contribution in [0.1, 0.15) is 5.56 Å². The van der Waals surface area contributed by atoms with E-state index in [0.29, 0.717) is 11.7 Å². The lowest BCUT2D eigenvalue weighted by Crippen LogP contribution is -1.98. The van der Waals surface area contributed by atoms with Crippen LogP contribution in [0.25, 0.3) is 11.1 Å². The van der Waals surface area contributed by atoms with E-state index in [-0.39, 0.29) is 0 Å². The Balaban J connectivity index is 2.53. The number of nitrogens with zero attached hydrogens (tertiary/aromatic N) is 1. The highest BCUT2D eigenvalue weighted by Crippen LogP contribution is 2.24. The van der Waals surface area contributed by atoms with E-state index in [1.54, 1.807) is 6.20 Å². The molecule has 2 N–H and O–H groups in total. The minimum Gasteiger partial charge on any atom is -0.326 e. The molecule has 2 aromatic rings. The summed E-state index contributed by atoms with van der Waals surface area (Å²) >= 11 is 5.85. The first-order valence-corrected chi connectivity index (χ1v) is 5.09. The van der Waals surface area contributed by atoms with Gasteiger partial charge in [0.05, 0.1) is 0 Å². The number of aromatic nitrogens is 1. The van der Waals surface area contributed by atoms with Crippen molar-refractivity contribution in [2.45, 2.75) is 6.54 Å². The van der Waals surface area contributed by atoms with Gasteiger partial charge in [0.1, 0.15) is 5.15 Å². The SMILES string of the molecule is NCc1ccccc1-c1ccnc(Cl)c1. The van der Waals surface area contributed by atoms with Crippen LogP contribution < -0.4 is 5.73 Å². The van der Waals surface area contributed by atoms with Crippen molar-refractivity contribution in [2.75, 3.05) is 0 Å². The van der Waals surface area contributed by atoms with Crippen molar-refractivity contribution in [1.29, 1.82) is 0 Å². The second-order valence-electron chi connectivity index (χ2n) is 3.23. The Morgan fingerprint density at radius 2 is 2.00 bits per heavy atom. The van der Waals surface area contributed by atoms with Crippen LogP contribution in [0.2, 0.25) is 5.15 Å². The number of nitrogens with two attached hydrogens (primary N) is 1. The Kier molecular flexibility index (Phi) is 2.99. The van der Waals surface area contributed by atoms with Crippen molar-refractivity contribution >= 4 is 11.6 Å². The molecule has 0 spiro atoms. The van der Waals surface area contributed by atoms with Crippen LogP contribution >= 0.6 is 11.6 Å². The molecular formula is C12H11ClN2. The standard InChI is InChI=1S/C12H11ClN2/c13-12-7-9(5-6-15-12)11-4-2-1-3-10(11)8-14/h1-7H,8,14H2. The smallest absolute Gasteiger partial charge is 0.129 e. The zero-order valence-corrected chi connectivity index (χ0v) is 8.91. The van der Waals surface area contributed by atoms with Crippen molar-refractivity contribution in [3.05, 3.63) is 53.3 Å². The first kappa shape index (κ1) is 10.1. The molecule has 2 nitrogen and oxygen atoms in total. The van der Waals surface area contributed by atoms with Gasteiger partial charge in [-0.3, -0.25) is 0 Å². The number of pyridine rings is 1. The van der Waals surface area contributed by atoms with Crippen molar-refractivity contribution in [3.63, 3.8) is 0 Å². The number of benzene rings is 1. The molecular weight excluding hydrogens is 208 g/mol. The van der Waals surface area contributed by atoms with Gasteiger partial charge in [-0.05, 0) is 28.8 Å². The molecule has 3 heteroatoms. The molecule has 0 saturated heterocycles. The monoisotopic (exact) mass is 218 g/mol. The lowest BCUT2D eigenvalue weighted by atomic mass is 10.0. The van der Waals surface area contributed by atoms with Gasteiger partial charge in [0.15, 0.2) is 0 Å². The molecule has 76 valence electrons. The van der Waals surface area contributed by atoms with E-state index in [0.717, 1.165) is 16.7 Å². The molecule has 0 saturated carbocycles. The van der Waals surface area contributed by atoms with E-state index < -0.39 is 0 Å². The fourth-order valence-corrected chi connectivity index (χ4v) is 1.72. The van der Waals surface area contributed by atoms with Crippen molar-refractivity contribution in [3.8, 4) is 11.1 Å². The molecule has 1 aromatic carbocycles. The summed E-state index contributed by atoms with van der Waals surface area (Å²) < 4.78 is 0. The Morgan fingerprint density at radius 3 is 2.73 bits per heavy atom. The van der Waals surface area contributed by atoms with Crippen LogP contribution in [0.15, 0.2) is 42.6 Å². The first-order valence-electron chi connectivity index (χ1n) is 4.71. The Hall–Kier alpha value is -1.38. The molecule has 1 heterocycles. The summed E-state index contributed by atoms with van der Waals surface area (Å²) in [6.07, 6.45) is 1.70. The molecule has 0 amide bonds. The molecule has 0 radical (unpaired) electrons. The maximum Gasteiger partial charge on any atom is 0.129 e. The van der Waals surface area contributed by atoms with Crippen LogP contribution in [-0.4, -0.2) is 4.98 Å². The highest BCUT2D eigenvalue weighted by atomic mass is 35.5. The zero-order chi connectivity index (χ0) is 10.7. The lowest BCUT2D eigenvalue weighted by molar-refractivity contribution is 1.07. The predicted molar refractivity (Wildman–Crippen MR) is 62.6 cm³/mol. The normalized spacial score (nSPS) is 10.3. The summed E-state index contributed by atoms with van der Waals surface area (Å²) in [5.41, 5.74) is 8.96.